The van der Waals surface area contributed by atoms with Crippen molar-refractivity contribution in [2.75, 3.05) is 18.6 Å². The summed E-state index contributed by atoms with van der Waals surface area (Å²) < 4.78 is 10.1. The number of hydrogen-bond donors (Lipinski definition) is 0. The Hall–Kier alpha value is -2.37. The Morgan fingerprint density at radius 1 is 1.32 bits per heavy atom. The Kier molecular flexibility index (Phi) is 4.21. The first-order valence-electron chi connectivity index (χ1n) is 7.04. The zero-order valence-electron chi connectivity index (χ0n) is 13.1. The van der Waals surface area contributed by atoms with Crippen molar-refractivity contribution in [2.24, 2.45) is 0 Å². The number of benzene rings is 1. The largest absolute Gasteiger partial charge is 0.497 e. The van der Waals surface area contributed by atoms with Crippen molar-refractivity contribution < 1.29 is 23.9 Å². The lowest BCUT2D eigenvalue weighted by Crippen LogP contribution is -2.51. The number of hydrogen-bond acceptors (Lipinski definition) is 5. The van der Waals surface area contributed by atoms with Crippen molar-refractivity contribution in [3.05, 3.63) is 23.8 Å². The van der Waals surface area contributed by atoms with E-state index >= 15 is 0 Å². The molecule has 1 heterocycles. The molecule has 0 radical (unpaired) electrons. The molecule has 1 atom stereocenters. The highest BCUT2D eigenvalue weighted by atomic mass is 16.5. The van der Waals surface area contributed by atoms with Crippen LogP contribution < -0.4 is 9.64 Å². The van der Waals surface area contributed by atoms with Gasteiger partial charge in [-0.25, -0.2) is 0 Å². The predicted octanol–water partition coefficient (Wildman–Crippen LogP) is 1.96. The minimum absolute atomic E-state index is 0.184. The van der Waals surface area contributed by atoms with Gasteiger partial charge >= 0.3 is 5.97 Å². The summed E-state index contributed by atoms with van der Waals surface area (Å²) in [5.41, 5.74) is -0.404. The lowest BCUT2D eigenvalue weighted by Gasteiger charge is -2.32. The second-order valence-corrected chi connectivity index (χ2v) is 5.32. The fourth-order valence-electron chi connectivity index (χ4n) is 2.85. The third-order valence-electron chi connectivity index (χ3n) is 3.78. The molecule has 6 heteroatoms. The summed E-state index contributed by atoms with van der Waals surface area (Å²) in [5.74, 6) is -0.575. The van der Waals surface area contributed by atoms with Crippen LogP contribution in [0, 0.1) is 0 Å². The Balaban J connectivity index is 2.49. The smallest absolute Gasteiger partial charge is 0.308 e. The minimum atomic E-state index is -1.27. The first kappa shape index (κ1) is 16.0. The van der Waals surface area contributed by atoms with E-state index < -0.39 is 11.5 Å². The topological polar surface area (TPSA) is 72.9 Å². The summed E-state index contributed by atoms with van der Waals surface area (Å²) in [4.78, 5) is 38.1. The zero-order valence-corrected chi connectivity index (χ0v) is 13.1. The van der Waals surface area contributed by atoms with Crippen molar-refractivity contribution in [3.8, 4) is 5.75 Å². The van der Waals surface area contributed by atoms with Gasteiger partial charge in [0.25, 0.3) is 0 Å². The van der Waals surface area contributed by atoms with Gasteiger partial charge in [0.2, 0.25) is 5.91 Å². The second-order valence-electron chi connectivity index (χ2n) is 5.32. The van der Waals surface area contributed by atoms with Gasteiger partial charge in [-0.05, 0) is 32.0 Å². The van der Waals surface area contributed by atoms with E-state index in [1.807, 2.05) is 0 Å². The lowest BCUT2D eigenvalue weighted by atomic mass is 9.91. The maximum absolute atomic E-state index is 12.8. The molecular weight excluding hydrogens is 286 g/mol. The number of anilines is 1. The predicted molar refractivity (Wildman–Crippen MR) is 80.1 cm³/mol. The molecule has 118 valence electrons. The quantitative estimate of drug-likeness (QED) is 0.795. The van der Waals surface area contributed by atoms with Crippen LogP contribution in [0.2, 0.25) is 0 Å². The number of amides is 1. The fourth-order valence-corrected chi connectivity index (χ4v) is 2.85. The molecule has 0 saturated carbocycles. The molecule has 1 aromatic carbocycles. The van der Waals surface area contributed by atoms with E-state index in [4.69, 9.17) is 9.47 Å². The molecule has 1 unspecified atom stereocenters. The normalized spacial score (nSPS) is 19.8. The number of ketones is 1. The molecule has 0 N–H and O–H groups in total. The molecule has 2 rings (SSSR count). The summed E-state index contributed by atoms with van der Waals surface area (Å²) in [6, 6.07) is 4.92. The highest BCUT2D eigenvalue weighted by molar-refractivity contribution is 6.21. The molecule has 0 spiro atoms. The van der Waals surface area contributed by atoms with Crippen LogP contribution in [0.3, 0.4) is 0 Å². The Bertz CT molecular complexity index is 639. The van der Waals surface area contributed by atoms with Crippen LogP contribution in [-0.4, -0.2) is 36.9 Å². The van der Waals surface area contributed by atoms with Crippen LogP contribution in [0.25, 0.3) is 0 Å². The van der Waals surface area contributed by atoms with Gasteiger partial charge in [0.05, 0.1) is 25.8 Å². The Morgan fingerprint density at radius 2 is 2.00 bits per heavy atom. The summed E-state index contributed by atoms with van der Waals surface area (Å²) in [6.07, 6.45) is -0.184. The number of esters is 1. The van der Waals surface area contributed by atoms with E-state index in [-0.39, 0.29) is 24.7 Å². The van der Waals surface area contributed by atoms with Gasteiger partial charge in [-0.3, -0.25) is 19.3 Å². The highest BCUT2D eigenvalue weighted by Crippen LogP contribution is 2.42. The van der Waals surface area contributed by atoms with Gasteiger partial charge in [-0.1, -0.05) is 0 Å². The highest BCUT2D eigenvalue weighted by Gasteiger charge is 2.51. The van der Waals surface area contributed by atoms with E-state index in [1.165, 1.54) is 18.9 Å². The number of Topliss-reactive ketones (excluding diaryl/α,β-unsaturated/α-hetero) is 1. The Labute approximate surface area is 129 Å². The molecule has 0 saturated heterocycles. The molecule has 0 aromatic heterocycles. The number of carbonyl (C=O) groups excluding carboxylic acids is 3. The maximum Gasteiger partial charge on any atom is 0.308 e. The van der Waals surface area contributed by atoms with Gasteiger partial charge < -0.3 is 9.47 Å². The second kappa shape index (κ2) is 5.79. The number of rotatable bonds is 4. The number of ether oxygens (including phenoxy) is 2. The third kappa shape index (κ3) is 2.45. The monoisotopic (exact) mass is 305 g/mol. The van der Waals surface area contributed by atoms with Crippen molar-refractivity contribution in [3.63, 3.8) is 0 Å². The van der Waals surface area contributed by atoms with E-state index in [2.05, 4.69) is 0 Å². The standard InChI is InChI=1S/C16H19NO5/c1-5-22-14(19)9-16(3)15(20)12-8-11(21-4)6-7-13(12)17(16)10(2)18/h6-8H,5,9H2,1-4H3. The number of nitrogens with zero attached hydrogens (tertiary/aromatic N) is 1. The molecule has 0 aliphatic carbocycles. The van der Waals surface area contributed by atoms with Crippen LogP contribution in [0.5, 0.6) is 5.75 Å². The summed E-state index contributed by atoms with van der Waals surface area (Å²) >= 11 is 0. The SMILES string of the molecule is CCOC(=O)CC1(C)C(=O)c2cc(OC)ccc2N1C(C)=O. The van der Waals surface area contributed by atoms with Crippen molar-refractivity contribution in [1.82, 2.24) is 0 Å². The molecule has 22 heavy (non-hydrogen) atoms. The van der Waals surface area contributed by atoms with Crippen molar-refractivity contribution >= 4 is 23.3 Å². The summed E-state index contributed by atoms with van der Waals surface area (Å²) in [6.45, 7) is 4.87. The molecule has 6 nitrogen and oxygen atoms in total. The molecule has 1 aromatic rings. The fraction of sp³-hybridized carbons (Fsp3) is 0.438. The molecule has 0 fully saturated rings. The average molecular weight is 305 g/mol. The summed E-state index contributed by atoms with van der Waals surface area (Å²) in [5, 5.41) is 0. The van der Waals surface area contributed by atoms with Crippen LogP contribution in [0.15, 0.2) is 18.2 Å². The van der Waals surface area contributed by atoms with E-state index in [9.17, 15) is 14.4 Å². The van der Waals surface area contributed by atoms with E-state index in [1.54, 1.807) is 32.0 Å². The van der Waals surface area contributed by atoms with E-state index in [0.717, 1.165) is 0 Å². The van der Waals surface area contributed by atoms with Gasteiger partial charge in [-0.15, -0.1) is 0 Å². The number of fused-ring (bicyclic) bond motifs is 1. The van der Waals surface area contributed by atoms with Gasteiger partial charge in [0.15, 0.2) is 5.78 Å². The molecule has 1 amide bonds. The molecule has 1 aliphatic rings. The van der Waals surface area contributed by atoms with Gasteiger partial charge in [0.1, 0.15) is 11.3 Å². The molecule has 1 aliphatic heterocycles. The Morgan fingerprint density at radius 3 is 2.55 bits per heavy atom. The van der Waals surface area contributed by atoms with Crippen molar-refractivity contribution in [2.45, 2.75) is 32.7 Å². The first-order chi connectivity index (χ1) is 10.3. The maximum atomic E-state index is 12.8. The van der Waals surface area contributed by atoms with Crippen LogP contribution >= 0.6 is 0 Å². The average Bonchev–Trinajstić information content (AvgIpc) is 2.67. The van der Waals surface area contributed by atoms with E-state index in [0.29, 0.717) is 17.0 Å². The molecule has 0 bridgehead atoms. The third-order valence-corrected chi connectivity index (χ3v) is 3.78. The van der Waals surface area contributed by atoms with Crippen LogP contribution in [0.1, 0.15) is 37.6 Å². The van der Waals surface area contributed by atoms with Crippen LogP contribution in [-0.2, 0) is 14.3 Å². The minimum Gasteiger partial charge on any atom is -0.497 e. The molecular formula is C16H19NO5. The first-order valence-corrected chi connectivity index (χ1v) is 7.04. The van der Waals surface area contributed by atoms with Crippen molar-refractivity contribution in [1.29, 1.82) is 0 Å². The van der Waals surface area contributed by atoms with Gasteiger partial charge in [-0.2, -0.15) is 0 Å². The zero-order chi connectivity index (χ0) is 16.5. The lowest BCUT2D eigenvalue weighted by molar-refractivity contribution is -0.144. The number of carbonyl (C=O) groups is 3. The summed E-state index contributed by atoms with van der Waals surface area (Å²) in [7, 11) is 1.50. The van der Waals surface area contributed by atoms with Crippen LogP contribution in [0.4, 0.5) is 5.69 Å². The van der Waals surface area contributed by atoms with Gasteiger partial charge in [0, 0.05) is 12.5 Å². The number of methoxy groups -OCH3 is 1.